The molecule has 2 aliphatic rings. The van der Waals surface area contributed by atoms with E-state index in [0.29, 0.717) is 0 Å². The minimum absolute atomic E-state index is 0.957. The highest BCUT2D eigenvalue weighted by atomic mass is 14.3. The fraction of sp³-hybridized carbons (Fsp3) is 0.667. The zero-order valence-corrected chi connectivity index (χ0v) is 24.1. The van der Waals surface area contributed by atoms with Crippen molar-refractivity contribution >= 4 is 0 Å². The lowest BCUT2D eigenvalue weighted by molar-refractivity contribution is 0.252. The fourth-order valence-electron chi connectivity index (χ4n) is 7.51. The van der Waals surface area contributed by atoms with Gasteiger partial charge >= 0.3 is 0 Å². The van der Waals surface area contributed by atoms with E-state index < -0.39 is 0 Å². The summed E-state index contributed by atoms with van der Waals surface area (Å²) >= 11 is 0. The molecule has 0 amide bonds. The molecule has 0 heterocycles. The van der Waals surface area contributed by atoms with Gasteiger partial charge in [-0.15, -0.1) is 0 Å². The van der Waals surface area contributed by atoms with E-state index in [-0.39, 0.29) is 0 Å². The van der Waals surface area contributed by atoms with Gasteiger partial charge in [0.25, 0.3) is 0 Å². The smallest absolute Gasteiger partial charge is 0.0154 e. The quantitative estimate of drug-likeness (QED) is 0.296. The monoisotopic (exact) mass is 486 g/mol. The van der Waals surface area contributed by atoms with Crippen molar-refractivity contribution in [1.82, 2.24) is 0 Å². The van der Waals surface area contributed by atoms with Crippen LogP contribution in [0.4, 0.5) is 0 Å². The first-order chi connectivity index (χ1) is 17.6. The highest BCUT2D eigenvalue weighted by Crippen LogP contribution is 2.36. The predicted molar refractivity (Wildman–Crippen MR) is 159 cm³/mol. The van der Waals surface area contributed by atoms with Crippen molar-refractivity contribution in [2.75, 3.05) is 0 Å². The van der Waals surface area contributed by atoms with Crippen LogP contribution in [0.1, 0.15) is 126 Å². The van der Waals surface area contributed by atoms with E-state index in [1.807, 2.05) is 0 Å². The normalized spacial score (nSPS) is 24.7. The van der Waals surface area contributed by atoms with Gasteiger partial charge in [-0.2, -0.15) is 0 Å². The van der Waals surface area contributed by atoms with Crippen LogP contribution in [0, 0.1) is 37.5 Å². The van der Waals surface area contributed by atoms with Crippen LogP contribution in [-0.4, -0.2) is 0 Å². The SMILES string of the molecule is CCCC1CCC(CCc2ccc(-c3ccc(CCC4CCC(CCC)CC4)c(C)c3)c(C)c2)CC1. The maximum absolute atomic E-state index is 2.47. The van der Waals surface area contributed by atoms with Crippen LogP contribution >= 0.6 is 0 Å². The van der Waals surface area contributed by atoms with E-state index in [9.17, 15) is 0 Å². The highest BCUT2D eigenvalue weighted by molar-refractivity contribution is 5.68. The molecule has 2 aromatic rings. The molecule has 0 aliphatic heterocycles. The van der Waals surface area contributed by atoms with Crippen molar-refractivity contribution in [3.05, 3.63) is 58.7 Å². The van der Waals surface area contributed by atoms with Crippen molar-refractivity contribution in [3.63, 3.8) is 0 Å². The Bertz CT molecular complexity index is 921. The maximum atomic E-state index is 2.47. The van der Waals surface area contributed by atoms with Crippen LogP contribution in [0.2, 0.25) is 0 Å². The molecule has 2 saturated carbocycles. The second-order valence-corrected chi connectivity index (χ2v) is 12.7. The van der Waals surface area contributed by atoms with Gasteiger partial charge in [0.05, 0.1) is 0 Å². The minimum Gasteiger partial charge on any atom is -0.0654 e. The predicted octanol–water partition coefficient (Wildman–Crippen LogP) is 11.0. The van der Waals surface area contributed by atoms with Gasteiger partial charge in [-0.05, 0) is 96.6 Å². The van der Waals surface area contributed by atoms with Crippen LogP contribution < -0.4 is 0 Å². The second-order valence-electron chi connectivity index (χ2n) is 12.7. The van der Waals surface area contributed by atoms with Gasteiger partial charge in [-0.25, -0.2) is 0 Å². The summed E-state index contributed by atoms with van der Waals surface area (Å²) in [6, 6.07) is 14.5. The zero-order chi connectivity index (χ0) is 25.3. The third-order valence-electron chi connectivity index (χ3n) is 9.93. The number of hydrogen-bond acceptors (Lipinski definition) is 0. The summed E-state index contributed by atoms with van der Waals surface area (Å²) in [7, 11) is 0. The number of benzene rings is 2. The van der Waals surface area contributed by atoms with Gasteiger partial charge < -0.3 is 0 Å². The molecule has 0 bridgehead atoms. The Balaban J connectivity index is 1.27. The molecule has 2 fully saturated rings. The van der Waals surface area contributed by atoms with E-state index in [4.69, 9.17) is 0 Å². The van der Waals surface area contributed by atoms with Gasteiger partial charge in [0.15, 0.2) is 0 Å². The molecule has 2 aromatic carbocycles. The molecule has 0 spiro atoms. The Hall–Kier alpha value is -1.56. The van der Waals surface area contributed by atoms with Crippen molar-refractivity contribution in [3.8, 4) is 11.1 Å². The maximum Gasteiger partial charge on any atom is -0.0154 e. The first kappa shape index (κ1) is 27.5. The lowest BCUT2D eigenvalue weighted by Gasteiger charge is -2.28. The first-order valence-corrected chi connectivity index (χ1v) is 15.7. The highest BCUT2D eigenvalue weighted by Gasteiger charge is 2.21. The van der Waals surface area contributed by atoms with Crippen LogP contribution in [0.15, 0.2) is 36.4 Å². The summed E-state index contributed by atoms with van der Waals surface area (Å²) in [4.78, 5) is 0. The van der Waals surface area contributed by atoms with Crippen molar-refractivity contribution in [1.29, 1.82) is 0 Å². The Kier molecular flexibility index (Phi) is 10.6. The third kappa shape index (κ3) is 7.72. The Morgan fingerprint density at radius 3 is 1.58 bits per heavy atom. The van der Waals surface area contributed by atoms with E-state index >= 15 is 0 Å². The van der Waals surface area contributed by atoms with Gasteiger partial charge in [-0.1, -0.05) is 127 Å². The molecule has 0 N–H and O–H groups in total. The fourth-order valence-corrected chi connectivity index (χ4v) is 7.51. The molecule has 4 rings (SSSR count). The van der Waals surface area contributed by atoms with E-state index in [1.165, 1.54) is 131 Å². The summed E-state index contributed by atoms with van der Waals surface area (Å²) in [5.74, 6) is 3.96. The average Bonchev–Trinajstić information content (AvgIpc) is 2.89. The molecule has 0 aromatic heterocycles. The molecule has 0 atom stereocenters. The van der Waals surface area contributed by atoms with Crippen molar-refractivity contribution in [2.45, 2.75) is 130 Å². The number of aryl methyl sites for hydroxylation is 4. The van der Waals surface area contributed by atoms with Crippen LogP contribution in [0.5, 0.6) is 0 Å². The average molecular weight is 487 g/mol. The van der Waals surface area contributed by atoms with Crippen LogP contribution in [-0.2, 0) is 12.8 Å². The lowest BCUT2D eigenvalue weighted by Crippen LogP contribution is -2.15. The zero-order valence-electron chi connectivity index (χ0n) is 24.1. The van der Waals surface area contributed by atoms with Gasteiger partial charge in [0, 0.05) is 0 Å². The van der Waals surface area contributed by atoms with Crippen molar-refractivity contribution < 1.29 is 0 Å². The Morgan fingerprint density at radius 1 is 0.556 bits per heavy atom. The molecule has 198 valence electrons. The number of rotatable bonds is 11. The second kappa shape index (κ2) is 13.8. The molecular formula is C36H54. The van der Waals surface area contributed by atoms with Gasteiger partial charge in [0.1, 0.15) is 0 Å². The van der Waals surface area contributed by atoms with Crippen LogP contribution in [0.3, 0.4) is 0 Å². The molecule has 0 saturated heterocycles. The largest absolute Gasteiger partial charge is 0.0654 e. The Morgan fingerprint density at radius 2 is 1.08 bits per heavy atom. The summed E-state index contributed by atoms with van der Waals surface area (Å²) in [5, 5.41) is 0. The number of hydrogen-bond donors (Lipinski definition) is 0. The first-order valence-electron chi connectivity index (χ1n) is 15.7. The third-order valence-corrected chi connectivity index (χ3v) is 9.93. The molecular weight excluding hydrogens is 432 g/mol. The van der Waals surface area contributed by atoms with E-state index in [0.717, 1.165) is 23.7 Å². The molecule has 0 unspecified atom stereocenters. The minimum atomic E-state index is 0.957. The lowest BCUT2D eigenvalue weighted by atomic mass is 9.78. The van der Waals surface area contributed by atoms with Crippen molar-refractivity contribution in [2.24, 2.45) is 23.7 Å². The summed E-state index contributed by atoms with van der Waals surface area (Å²) in [5.41, 5.74) is 8.84. The Labute approximate surface area is 223 Å². The molecule has 36 heavy (non-hydrogen) atoms. The van der Waals surface area contributed by atoms with Crippen LogP contribution in [0.25, 0.3) is 11.1 Å². The molecule has 0 radical (unpaired) electrons. The summed E-state index contributed by atoms with van der Waals surface area (Å²) in [6.45, 7) is 9.32. The molecule has 2 aliphatic carbocycles. The summed E-state index contributed by atoms with van der Waals surface area (Å²) in [6.07, 6.45) is 22.7. The van der Waals surface area contributed by atoms with E-state index in [1.54, 1.807) is 5.56 Å². The standard InChI is InChI=1S/C36H54/c1-5-7-29-9-13-31(14-10-29)17-18-33-20-24-36(28(4)25-33)35-23-22-34(27(3)26-35)21-19-32-15-11-30(8-6-2)12-16-32/h20,22-26,29-32H,5-19,21H2,1-4H3. The molecule has 0 nitrogen and oxygen atoms in total. The topological polar surface area (TPSA) is 0 Å². The van der Waals surface area contributed by atoms with E-state index in [2.05, 4.69) is 64.1 Å². The van der Waals surface area contributed by atoms with Gasteiger partial charge in [0.2, 0.25) is 0 Å². The molecule has 0 heteroatoms. The summed E-state index contributed by atoms with van der Waals surface area (Å²) < 4.78 is 0. The van der Waals surface area contributed by atoms with Gasteiger partial charge in [-0.3, -0.25) is 0 Å².